The van der Waals surface area contributed by atoms with Gasteiger partial charge in [-0.15, -0.1) is 0 Å². The summed E-state index contributed by atoms with van der Waals surface area (Å²) in [5.41, 5.74) is 12.1. The quantitative estimate of drug-likeness (QED) is 0.361. The molecule has 0 aliphatic carbocycles. The Hall–Kier alpha value is -1.56. The lowest BCUT2D eigenvalue weighted by atomic mass is 9.61. The minimum Gasteiger partial charge on any atom is -0.0579 e. The smallest absolute Gasteiger partial charge is 0.0149 e. The zero-order valence-electron chi connectivity index (χ0n) is 29.8. The van der Waals surface area contributed by atoms with Crippen LogP contribution in [0.5, 0.6) is 0 Å². The van der Waals surface area contributed by atoms with E-state index < -0.39 is 0 Å². The topological polar surface area (TPSA) is 0 Å². The molecule has 0 N–H and O–H groups in total. The molecule has 0 radical (unpaired) electrons. The minimum absolute atomic E-state index is 0.0154. The van der Waals surface area contributed by atoms with Gasteiger partial charge in [-0.1, -0.05) is 163 Å². The maximum atomic E-state index is 2.57. The SMILES string of the molecule is CC(C)(C)c1cc(C(C)(C)c2ccc(C(C)(C)C)c(C(C)(C)C)c2C(C)(C)C)cc(C(C)(C)C)c1C(C)(C)C. The summed E-state index contributed by atoms with van der Waals surface area (Å²) in [6.07, 6.45) is 0. The van der Waals surface area contributed by atoms with Gasteiger partial charge in [-0.05, 0) is 77.0 Å². The third-order valence-corrected chi connectivity index (χ3v) is 8.41. The molecule has 2 rings (SSSR count). The fourth-order valence-corrected chi connectivity index (χ4v) is 6.46. The second-order valence-electron chi connectivity index (χ2n) is 19.0. The molecule has 220 valence electrons. The molecule has 0 aliphatic rings. The van der Waals surface area contributed by atoms with Gasteiger partial charge < -0.3 is 0 Å². The summed E-state index contributed by atoms with van der Waals surface area (Å²) in [5.74, 6) is 0. The zero-order valence-corrected chi connectivity index (χ0v) is 29.8. The minimum atomic E-state index is -0.157. The first-order chi connectivity index (χ1) is 16.9. The van der Waals surface area contributed by atoms with Crippen LogP contribution < -0.4 is 0 Å². The first-order valence-electron chi connectivity index (χ1n) is 15.3. The van der Waals surface area contributed by atoms with Crippen molar-refractivity contribution in [3.63, 3.8) is 0 Å². The van der Waals surface area contributed by atoms with E-state index in [9.17, 15) is 0 Å². The molecule has 0 aliphatic heterocycles. The van der Waals surface area contributed by atoms with Gasteiger partial charge in [0.25, 0.3) is 0 Å². The first-order valence-corrected chi connectivity index (χ1v) is 15.3. The summed E-state index contributed by atoms with van der Waals surface area (Å²) in [6, 6.07) is 10.1. The lowest BCUT2D eigenvalue weighted by molar-refractivity contribution is 0.478. The Bertz CT molecular complexity index is 1150. The lowest BCUT2D eigenvalue weighted by Gasteiger charge is -2.43. The van der Waals surface area contributed by atoms with Crippen molar-refractivity contribution in [1.29, 1.82) is 0 Å². The Morgan fingerprint density at radius 3 is 0.872 bits per heavy atom. The van der Waals surface area contributed by atoms with Gasteiger partial charge in [0.1, 0.15) is 0 Å². The van der Waals surface area contributed by atoms with E-state index in [0.717, 1.165) is 0 Å². The van der Waals surface area contributed by atoms with E-state index in [-0.39, 0.29) is 37.9 Å². The van der Waals surface area contributed by atoms with Crippen LogP contribution in [0.2, 0.25) is 0 Å². The highest BCUT2D eigenvalue weighted by Crippen LogP contribution is 2.49. The van der Waals surface area contributed by atoms with Crippen LogP contribution in [0.15, 0.2) is 24.3 Å². The molecule has 0 fully saturated rings. The maximum absolute atomic E-state index is 2.57. The molecule has 39 heavy (non-hydrogen) atoms. The van der Waals surface area contributed by atoms with Crippen molar-refractivity contribution < 1.29 is 0 Å². The van der Waals surface area contributed by atoms with E-state index in [1.54, 1.807) is 0 Å². The van der Waals surface area contributed by atoms with E-state index in [1.165, 1.54) is 44.5 Å². The fraction of sp³-hybridized carbons (Fsp3) is 0.692. The predicted molar refractivity (Wildman–Crippen MR) is 177 cm³/mol. The van der Waals surface area contributed by atoms with Crippen LogP contribution in [0.4, 0.5) is 0 Å². The van der Waals surface area contributed by atoms with Crippen molar-refractivity contribution in [3.05, 3.63) is 68.8 Å². The molecular formula is C39H64. The molecule has 2 aromatic rings. The van der Waals surface area contributed by atoms with Crippen molar-refractivity contribution in [2.24, 2.45) is 0 Å². The van der Waals surface area contributed by atoms with Gasteiger partial charge in [0.2, 0.25) is 0 Å². The fourth-order valence-electron chi connectivity index (χ4n) is 6.46. The molecule has 0 aromatic heterocycles. The zero-order chi connectivity index (χ0) is 30.9. The van der Waals surface area contributed by atoms with E-state index >= 15 is 0 Å². The monoisotopic (exact) mass is 533 g/mol. The average molecular weight is 533 g/mol. The van der Waals surface area contributed by atoms with Crippen molar-refractivity contribution >= 4 is 0 Å². The molecule has 0 unspecified atom stereocenters. The van der Waals surface area contributed by atoms with E-state index in [2.05, 4.69) is 163 Å². The molecule has 0 bridgehead atoms. The summed E-state index contributed by atoms with van der Waals surface area (Å²) in [4.78, 5) is 0. The number of hydrogen-bond donors (Lipinski definition) is 0. The summed E-state index contributed by atoms with van der Waals surface area (Å²) < 4.78 is 0. The highest BCUT2D eigenvalue weighted by atomic mass is 14.4. The van der Waals surface area contributed by atoms with Gasteiger partial charge in [0, 0.05) is 5.41 Å². The number of benzene rings is 2. The third-order valence-electron chi connectivity index (χ3n) is 8.41. The van der Waals surface area contributed by atoms with Crippen LogP contribution >= 0.6 is 0 Å². The van der Waals surface area contributed by atoms with Gasteiger partial charge in [0.05, 0.1) is 0 Å². The Labute approximate surface area is 244 Å². The highest BCUT2D eigenvalue weighted by Gasteiger charge is 2.40. The molecule has 0 saturated carbocycles. The Morgan fingerprint density at radius 2 is 0.590 bits per heavy atom. The molecule has 0 heterocycles. The van der Waals surface area contributed by atoms with Crippen molar-refractivity contribution in [3.8, 4) is 0 Å². The van der Waals surface area contributed by atoms with E-state index in [1.807, 2.05) is 0 Å². The molecule has 0 heteroatoms. The van der Waals surface area contributed by atoms with Crippen LogP contribution in [0.1, 0.15) is 183 Å². The van der Waals surface area contributed by atoms with Crippen LogP contribution in [0.3, 0.4) is 0 Å². The second kappa shape index (κ2) is 9.77. The molecule has 0 nitrogen and oxygen atoms in total. The Morgan fingerprint density at radius 1 is 0.308 bits per heavy atom. The molecular weight excluding hydrogens is 468 g/mol. The molecule has 0 atom stereocenters. The number of rotatable bonds is 2. The average Bonchev–Trinajstić information content (AvgIpc) is 2.67. The van der Waals surface area contributed by atoms with Crippen LogP contribution in [0.25, 0.3) is 0 Å². The maximum Gasteiger partial charge on any atom is 0.0149 e. The van der Waals surface area contributed by atoms with Crippen molar-refractivity contribution in [1.82, 2.24) is 0 Å². The van der Waals surface area contributed by atoms with Gasteiger partial charge in [-0.2, -0.15) is 0 Å². The van der Waals surface area contributed by atoms with Crippen LogP contribution in [-0.4, -0.2) is 0 Å². The summed E-state index contributed by atoms with van der Waals surface area (Å²) in [7, 11) is 0. The molecule has 2 aromatic carbocycles. The normalized spacial score (nSPS) is 14.7. The van der Waals surface area contributed by atoms with Crippen LogP contribution in [0, 0.1) is 0 Å². The summed E-state index contributed by atoms with van der Waals surface area (Å²) in [6.45, 7) is 47.9. The van der Waals surface area contributed by atoms with Crippen molar-refractivity contribution in [2.45, 2.75) is 176 Å². The molecule has 0 spiro atoms. The standard InChI is InChI=1S/C39H64/c1-33(2,3)26-21-22-27(32(38(16,17)18)31(26)37(13,14)15)39(19,20)25-23-28(34(4,5)6)30(36(10,11)12)29(24-25)35(7,8)9/h21-24H,1-20H3. The predicted octanol–water partition coefficient (Wildman–Crippen LogP) is 11.8. The van der Waals surface area contributed by atoms with E-state index in [4.69, 9.17) is 0 Å². The lowest BCUT2D eigenvalue weighted by Crippen LogP contribution is -2.34. The first kappa shape index (κ1) is 33.6. The Balaban J connectivity index is 3.20. The van der Waals surface area contributed by atoms with Gasteiger partial charge in [-0.25, -0.2) is 0 Å². The van der Waals surface area contributed by atoms with Crippen molar-refractivity contribution in [2.75, 3.05) is 0 Å². The van der Waals surface area contributed by atoms with Crippen LogP contribution in [-0.2, 0) is 37.9 Å². The molecule has 0 saturated heterocycles. The summed E-state index contributed by atoms with van der Waals surface area (Å²) >= 11 is 0. The Kier molecular flexibility index (Phi) is 8.43. The number of hydrogen-bond acceptors (Lipinski definition) is 0. The van der Waals surface area contributed by atoms with Gasteiger partial charge in [-0.3, -0.25) is 0 Å². The van der Waals surface area contributed by atoms with E-state index in [0.29, 0.717) is 0 Å². The molecule has 0 amide bonds. The summed E-state index contributed by atoms with van der Waals surface area (Å²) in [5, 5.41) is 0. The third kappa shape index (κ3) is 6.85. The highest BCUT2D eigenvalue weighted by molar-refractivity contribution is 5.58. The largest absolute Gasteiger partial charge is 0.0579 e. The van der Waals surface area contributed by atoms with Gasteiger partial charge >= 0.3 is 0 Å². The van der Waals surface area contributed by atoms with Gasteiger partial charge in [0.15, 0.2) is 0 Å². The second-order valence-corrected chi connectivity index (χ2v) is 19.0.